The van der Waals surface area contributed by atoms with Gasteiger partial charge in [-0.1, -0.05) is 0 Å². The summed E-state index contributed by atoms with van der Waals surface area (Å²) in [5.74, 6) is 0. The molecule has 2 aromatic carbocycles. The van der Waals surface area contributed by atoms with E-state index in [2.05, 4.69) is 60.7 Å². The third-order valence-electron chi connectivity index (χ3n) is 2.52. The molecular weight excluding hydrogens is 359 g/mol. The minimum absolute atomic E-state index is 1.14. The van der Waals surface area contributed by atoms with Crippen molar-refractivity contribution in [2.75, 3.05) is 0 Å². The topological polar surface area (TPSA) is 0 Å². The third-order valence-corrected chi connectivity index (χ3v) is 3.79. The zero-order valence-electron chi connectivity index (χ0n) is 9.19. The minimum atomic E-state index is 1.14. The van der Waals surface area contributed by atoms with Crippen molar-refractivity contribution in [1.82, 2.24) is 0 Å². The van der Waals surface area contributed by atoms with Crippen LogP contribution in [0.4, 0.5) is 0 Å². The molecule has 0 saturated heterocycles. The summed E-state index contributed by atoms with van der Waals surface area (Å²) in [6.45, 7) is 0. The van der Waals surface area contributed by atoms with Gasteiger partial charge < -0.3 is 0 Å². The monoisotopic (exact) mass is 374 g/mol. The molecule has 0 heterocycles. The molecular formula is C15H14Hf+2. The molecule has 0 aliphatic rings. The van der Waals surface area contributed by atoms with Gasteiger partial charge in [0.25, 0.3) is 0 Å². The van der Waals surface area contributed by atoms with Crippen LogP contribution in [0.1, 0.15) is 11.1 Å². The predicted octanol–water partition coefficient (Wildman–Crippen LogP) is 3.19. The van der Waals surface area contributed by atoms with Gasteiger partial charge in [0.15, 0.2) is 0 Å². The fraction of sp³-hybridized carbons (Fsp3) is 0.133. The Labute approximate surface area is 111 Å². The van der Waals surface area contributed by atoms with E-state index in [1.54, 1.807) is 3.26 Å². The van der Waals surface area contributed by atoms with Crippen LogP contribution in [0.5, 0.6) is 0 Å². The Morgan fingerprint density at radius 2 is 1.06 bits per heavy atom. The van der Waals surface area contributed by atoms with Gasteiger partial charge in [0.1, 0.15) is 0 Å². The number of hydrogen-bond donors (Lipinski definition) is 0. The Morgan fingerprint density at radius 3 is 1.44 bits per heavy atom. The van der Waals surface area contributed by atoms with Crippen molar-refractivity contribution in [2.45, 2.75) is 12.8 Å². The number of benzene rings is 2. The first-order valence-electron chi connectivity index (χ1n) is 5.49. The molecule has 0 nitrogen and oxygen atoms in total. The van der Waals surface area contributed by atoms with Crippen LogP contribution in [0.3, 0.4) is 0 Å². The normalized spacial score (nSPS) is 10.1. The van der Waals surface area contributed by atoms with Gasteiger partial charge in [0.05, 0.1) is 0 Å². The van der Waals surface area contributed by atoms with Gasteiger partial charge in [0, 0.05) is 0 Å². The van der Waals surface area contributed by atoms with Gasteiger partial charge in [-0.15, -0.1) is 0 Å². The SMILES string of the molecule is [Hf+2]=[C](Cc1ccccc1)Cc1ccccc1. The van der Waals surface area contributed by atoms with Gasteiger partial charge in [-0.3, -0.25) is 0 Å². The summed E-state index contributed by atoms with van der Waals surface area (Å²) in [6.07, 6.45) is 2.28. The molecule has 0 bridgehead atoms. The fourth-order valence-corrected chi connectivity index (χ4v) is 3.21. The number of rotatable bonds is 4. The summed E-state index contributed by atoms with van der Waals surface area (Å²) in [6, 6.07) is 21.5. The van der Waals surface area contributed by atoms with Crippen molar-refractivity contribution in [3.8, 4) is 0 Å². The molecule has 0 N–H and O–H groups in total. The van der Waals surface area contributed by atoms with Crippen molar-refractivity contribution in [2.24, 2.45) is 0 Å². The van der Waals surface area contributed by atoms with Crippen LogP contribution in [-0.2, 0) is 36.7 Å². The van der Waals surface area contributed by atoms with Crippen LogP contribution >= 0.6 is 0 Å². The van der Waals surface area contributed by atoms with E-state index in [-0.39, 0.29) is 0 Å². The third kappa shape index (κ3) is 3.64. The molecule has 2 rings (SSSR count). The van der Waals surface area contributed by atoms with Crippen molar-refractivity contribution in [3.63, 3.8) is 0 Å². The van der Waals surface area contributed by atoms with E-state index in [4.69, 9.17) is 0 Å². The molecule has 0 radical (unpaired) electrons. The van der Waals surface area contributed by atoms with Crippen LogP contribution in [0, 0.1) is 0 Å². The van der Waals surface area contributed by atoms with Crippen molar-refractivity contribution in [3.05, 3.63) is 71.8 Å². The van der Waals surface area contributed by atoms with E-state index < -0.39 is 0 Å². The Morgan fingerprint density at radius 1 is 0.688 bits per heavy atom. The molecule has 76 valence electrons. The molecule has 0 spiro atoms. The molecule has 0 fully saturated rings. The maximum atomic E-state index is 2.21. The van der Waals surface area contributed by atoms with E-state index >= 15 is 0 Å². The summed E-state index contributed by atoms with van der Waals surface area (Å²) in [5.41, 5.74) is 2.87. The molecule has 0 aliphatic heterocycles. The average molecular weight is 373 g/mol. The van der Waals surface area contributed by atoms with Gasteiger partial charge in [-0.2, -0.15) is 0 Å². The summed E-state index contributed by atoms with van der Waals surface area (Å²) in [5, 5.41) is 0. The van der Waals surface area contributed by atoms with Gasteiger partial charge in [-0.05, 0) is 0 Å². The Kier molecular flexibility index (Phi) is 4.41. The Balaban J connectivity index is 1.95. The number of hydrogen-bond acceptors (Lipinski definition) is 0. The molecule has 16 heavy (non-hydrogen) atoms. The van der Waals surface area contributed by atoms with E-state index in [1.807, 2.05) is 0 Å². The zero-order chi connectivity index (χ0) is 11.2. The van der Waals surface area contributed by atoms with Gasteiger partial charge in [-0.25, -0.2) is 0 Å². The quantitative estimate of drug-likeness (QED) is 0.723. The van der Waals surface area contributed by atoms with Crippen molar-refractivity contribution >= 4 is 3.26 Å². The van der Waals surface area contributed by atoms with Crippen LogP contribution < -0.4 is 0 Å². The van der Waals surface area contributed by atoms with Crippen LogP contribution in [-0.4, -0.2) is 3.26 Å². The molecule has 0 unspecified atom stereocenters. The molecule has 1 heteroatoms. The molecule has 0 aromatic heterocycles. The average Bonchev–Trinajstić information content (AvgIpc) is 2.31. The van der Waals surface area contributed by atoms with E-state index in [1.165, 1.54) is 35.0 Å². The fourth-order valence-electron chi connectivity index (χ4n) is 1.75. The molecule has 2 aromatic rings. The Hall–Kier alpha value is -0.820. The maximum absolute atomic E-state index is 2.21. The van der Waals surface area contributed by atoms with E-state index in [9.17, 15) is 0 Å². The molecule has 0 saturated carbocycles. The summed E-state index contributed by atoms with van der Waals surface area (Å²) >= 11 is 1.18. The van der Waals surface area contributed by atoms with Crippen LogP contribution in [0.15, 0.2) is 60.7 Å². The van der Waals surface area contributed by atoms with Crippen molar-refractivity contribution < 1.29 is 23.9 Å². The van der Waals surface area contributed by atoms with Gasteiger partial charge in [0.2, 0.25) is 0 Å². The second-order valence-corrected chi connectivity index (χ2v) is 6.47. The van der Waals surface area contributed by atoms with E-state index in [0.29, 0.717) is 0 Å². The van der Waals surface area contributed by atoms with Crippen LogP contribution in [0.2, 0.25) is 0 Å². The molecule has 0 atom stereocenters. The Bertz CT molecular complexity index is 402. The summed E-state index contributed by atoms with van der Waals surface area (Å²) < 4.78 is 1.65. The zero-order valence-corrected chi connectivity index (χ0v) is 12.8. The first-order valence-corrected chi connectivity index (χ1v) is 7.28. The van der Waals surface area contributed by atoms with Crippen LogP contribution in [0.25, 0.3) is 0 Å². The van der Waals surface area contributed by atoms with Crippen molar-refractivity contribution in [1.29, 1.82) is 0 Å². The first kappa shape index (κ1) is 11.7. The van der Waals surface area contributed by atoms with E-state index in [0.717, 1.165) is 12.8 Å². The molecule has 0 aliphatic carbocycles. The predicted molar refractivity (Wildman–Crippen MR) is 65.3 cm³/mol. The summed E-state index contributed by atoms with van der Waals surface area (Å²) in [4.78, 5) is 0. The standard InChI is InChI=1S/C15H14.Hf/c1-3-8-14(9-4-1)12-7-13-15-10-5-2-6-11-15;/h1-6,8-11H,12-13H2;/q;+2. The second kappa shape index (κ2) is 6.05. The van der Waals surface area contributed by atoms with Gasteiger partial charge >= 0.3 is 112 Å². The summed E-state index contributed by atoms with van der Waals surface area (Å²) in [7, 11) is 0. The first-order chi connectivity index (χ1) is 7.84. The second-order valence-electron chi connectivity index (χ2n) is 3.93. The molecule has 0 amide bonds.